The molecule has 2 aromatic carbocycles. The number of ether oxygens (including phenoxy) is 2. The monoisotopic (exact) mass is 362 g/mol. The highest BCUT2D eigenvalue weighted by molar-refractivity contribution is 5.87. The van der Waals surface area contributed by atoms with E-state index in [0.29, 0.717) is 0 Å². The molecule has 3 aromatic rings. The van der Waals surface area contributed by atoms with Crippen molar-refractivity contribution < 1.29 is 9.47 Å². The standard InChI is InChI=1S/C23H26N2O2/c1-26-19-11-7-9-15(21(19)27-2)17-14-24-23(12-5-6-13-23)22-20(17)16-8-3-4-10-18(16)25-22/h3-4,7-11,17,24-25H,5-6,12-14H2,1-2H3/t17-/m0/s1. The molecule has 0 amide bonds. The van der Waals surface area contributed by atoms with Crippen molar-refractivity contribution in [1.82, 2.24) is 10.3 Å². The van der Waals surface area contributed by atoms with Crippen molar-refractivity contribution in [3.8, 4) is 11.5 Å². The fourth-order valence-electron chi connectivity index (χ4n) is 5.25. The smallest absolute Gasteiger partial charge is 0.164 e. The zero-order valence-electron chi connectivity index (χ0n) is 16.0. The van der Waals surface area contributed by atoms with Crippen LogP contribution in [0.2, 0.25) is 0 Å². The van der Waals surface area contributed by atoms with Crippen molar-refractivity contribution in [2.45, 2.75) is 37.1 Å². The lowest BCUT2D eigenvalue weighted by Gasteiger charge is -2.39. The minimum Gasteiger partial charge on any atom is -0.493 e. The number of fused-ring (bicyclic) bond motifs is 4. The Balaban J connectivity index is 1.75. The molecule has 0 saturated heterocycles. The fraction of sp³-hybridized carbons (Fsp3) is 0.391. The van der Waals surface area contributed by atoms with Gasteiger partial charge in [-0.25, -0.2) is 0 Å². The average Bonchev–Trinajstić information content (AvgIpc) is 3.34. The van der Waals surface area contributed by atoms with Crippen molar-refractivity contribution in [2.24, 2.45) is 0 Å². The molecule has 1 aliphatic heterocycles. The molecule has 1 saturated carbocycles. The van der Waals surface area contributed by atoms with E-state index in [4.69, 9.17) is 9.47 Å². The second-order valence-corrected chi connectivity index (χ2v) is 7.76. The van der Waals surface area contributed by atoms with Crippen molar-refractivity contribution >= 4 is 10.9 Å². The van der Waals surface area contributed by atoms with Crippen molar-refractivity contribution in [3.63, 3.8) is 0 Å². The van der Waals surface area contributed by atoms with Gasteiger partial charge in [0.25, 0.3) is 0 Å². The second-order valence-electron chi connectivity index (χ2n) is 7.76. The number of methoxy groups -OCH3 is 2. The summed E-state index contributed by atoms with van der Waals surface area (Å²) in [6.07, 6.45) is 4.98. The summed E-state index contributed by atoms with van der Waals surface area (Å²) >= 11 is 0. The Morgan fingerprint density at radius 3 is 2.56 bits per heavy atom. The van der Waals surface area contributed by atoms with Gasteiger partial charge in [0.2, 0.25) is 0 Å². The minimum atomic E-state index is 0.0942. The maximum Gasteiger partial charge on any atom is 0.164 e. The maximum absolute atomic E-state index is 5.78. The predicted octanol–water partition coefficient (Wildman–Crippen LogP) is 4.69. The van der Waals surface area contributed by atoms with Crippen molar-refractivity contribution in [2.75, 3.05) is 20.8 Å². The van der Waals surface area contributed by atoms with E-state index in [1.165, 1.54) is 53.4 Å². The van der Waals surface area contributed by atoms with Crippen LogP contribution in [0.25, 0.3) is 10.9 Å². The summed E-state index contributed by atoms with van der Waals surface area (Å²) in [5, 5.41) is 5.25. The molecule has 27 heavy (non-hydrogen) atoms. The van der Waals surface area contributed by atoms with Crippen LogP contribution in [0.4, 0.5) is 0 Å². The molecule has 2 aliphatic rings. The molecule has 4 heteroatoms. The highest BCUT2D eigenvalue weighted by Crippen LogP contribution is 2.50. The highest BCUT2D eigenvalue weighted by Gasteiger charge is 2.44. The van der Waals surface area contributed by atoms with Crippen LogP contribution in [0.15, 0.2) is 42.5 Å². The van der Waals surface area contributed by atoms with Crippen LogP contribution in [0.5, 0.6) is 11.5 Å². The fourth-order valence-corrected chi connectivity index (χ4v) is 5.25. The summed E-state index contributed by atoms with van der Waals surface area (Å²) in [6, 6.07) is 14.9. The molecule has 4 nitrogen and oxygen atoms in total. The molecule has 2 heterocycles. The van der Waals surface area contributed by atoms with E-state index >= 15 is 0 Å². The number of H-pyrrole nitrogens is 1. The number of nitrogens with one attached hydrogen (secondary N) is 2. The zero-order chi connectivity index (χ0) is 18.4. The lowest BCUT2D eigenvalue weighted by atomic mass is 9.78. The van der Waals surface area contributed by atoms with Crippen molar-refractivity contribution in [3.05, 3.63) is 59.3 Å². The molecule has 1 spiro atoms. The number of hydrogen-bond donors (Lipinski definition) is 2. The first-order valence-electron chi connectivity index (χ1n) is 9.84. The number of rotatable bonds is 3. The normalized spacial score (nSPS) is 20.7. The molecule has 5 rings (SSSR count). The Kier molecular flexibility index (Phi) is 3.90. The summed E-state index contributed by atoms with van der Waals surface area (Å²) in [7, 11) is 3.43. The van der Waals surface area contributed by atoms with E-state index < -0.39 is 0 Å². The van der Waals surface area contributed by atoms with E-state index in [1.807, 2.05) is 6.07 Å². The first-order valence-corrected chi connectivity index (χ1v) is 9.84. The molecule has 1 aliphatic carbocycles. The van der Waals surface area contributed by atoms with Crippen LogP contribution < -0.4 is 14.8 Å². The van der Waals surface area contributed by atoms with E-state index in [9.17, 15) is 0 Å². The lowest BCUT2D eigenvalue weighted by Crippen LogP contribution is -2.47. The molecule has 0 unspecified atom stereocenters. The first kappa shape index (κ1) is 16.7. The average molecular weight is 362 g/mol. The topological polar surface area (TPSA) is 46.3 Å². The molecule has 2 N–H and O–H groups in total. The van der Waals surface area contributed by atoms with E-state index in [1.54, 1.807) is 14.2 Å². The highest BCUT2D eigenvalue weighted by atomic mass is 16.5. The molecule has 1 aromatic heterocycles. The van der Waals surface area contributed by atoms with Crippen LogP contribution in [-0.2, 0) is 5.54 Å². The molecule has 1 fully saturated rings. The SMILES string of the molecule is COc1cccc([C@@H]2CNC3(CCCC3)c3[nH]c4ccccc4c32)c1OC. The second kappa shape index (κ2) is 6.31. The summed E-state index contributed by atoms with van der Waals surface area (Å²) in [5.41, 5.74) is 5.31. The number of para-hydroxylation sites is 2. The van der Waals surface area contributed by atoms with Gasteiger partial charge in [0.15, 0.2) is 11.5 Å². The van der Waals surface area contributed by atoms with E-state index in [2.05, 4.69) is 46.7 Å². The predicted molar refractivity (Wildman–Crippen MR) is 108 cm³/mol. The van der Waals surface area contributed by atoms with Gasteiger partial charge in [-0.1, -0.05) is 43.2 Å². The Hall–Kier alpha value is -2.46. The van der Waals surface area contributed by atoms with Crippen LogP contribution in [0.3, 0.4) is 0 Å². The van der Waals surface area contributed by atoms with Gasteiger partial charge in [0.1, 0.15) is 0 Å². The van der Waals surface area contributed by atoms with Crippen LogP contribution in [0, 0.1) is 0 Å². The molecule has 0 bridgehead atoms. The van der Waals surface area contributed by atoms with Crippen molar-refractivity contribution in [1.29, 1.82) is 0 Å². The Morgan fingerprint density at radius 1 is 0.963 bits per heavy atom. The first-order chi connectivity index (χ1) is 13.3. The van der Waals surface area contributed by atoms with Gasteiger partial charge in [-0.3, -0.25) is 0 Å². The number of benzene rings is 2. The zero-order valence-corrected chi connectivity index (χ0v) is 16.0. The maximum atomic E-state index is 5.78. The quantitative estimate of drug-likeness (QED) is 0.710. The number of hydrogen-bond acceptors (Lipinski definition) is 3. The van der Waals surface area contributed by atoms with Gasteiger partial charge >= 0.3 is 0 Å². The summed E-state index contributed by atoms with van der Waals surface area (Å²) in [4.78, 5) is 3.78. The number of aromatic amines is 1. The van der Waals surface area contributed by atoms with Crippen LogP contribution >= 0.6 is 0 Å². The Bertz CT molecular complexity index is 985. The largest absolute Gasteiger partial charge is 0.493 e. The van der Waals surface area contributed by atoms with Gasteiger partial charge < -0.3 is 19.8 Å². The molecule has 140 valence electrons. The van der Waals surface area contributed by atoms with E-state index in [0.717, 1.165) is 18.0 Å². The molecular formula is C23H26N2O2. The number of aromatic nitrogens is 1. The Morgan fingerprint density at radius 2 is 1.78 bits per heavy atom. The summed E-state index contributed by atoms with van der Waals surface area (Å²) < 4.78 is 11.3. The Labute approximate surface area is 159 Å². The third-order valence-electron chi connectivity index (χ3n) is 6.48. The third kappa shape index (κ3) is 2.39. The third-order valence-corrected chi connectivity index (χ3v) is 6.48. The van der Waals surface area contributed by atoms with E-state index in [-0.39, 0.29) is 11.5 Å². The van der Waals surface area contributed by atoms with Gasteiger partial charge in [0.05, 0.1) is 19.8 Å². The van der Waals surface area contributed by atoms with Crippen LogP contribution in [0.1, 0.15) is 48.4 Å². The molecular weight excluding hydrogens is 336 g/mol. The molecule has 1 atom stereocenters. The summed E-state index contributed by atoms with van der Waals surface area (Å²) in [5.74, 6) is 1.86. The minimum absolute atomic E-state index is 0.0942. The van der Waals surface area contributed by atoms with Gasteiger partial charge in [-0.15, -0.1) is 0 Å². The molecule has 0 radical (unpaired) electrons. The lowest BCUT2D eigenvalue weighted by molar-refractivity contribution is 0.302. The van der Waals surface area contributed by atoms with Crippen LogP contribution in [-0.4, -0.2) is 25.7 Å². The van der Waals surface area contributed by atoms with Gasteiger partial charge in [-0.05, 0) is 30.5 Å². The summed E-state index contributed by atoms with van der Waals surface area (Å²) in [6.45, 7) is 0.915. The van der Waals surface area contributed by atoms with Gasteiger partial charge in [-0.2, -0.15) is 0 Å². The van der Waals surface area contributed by atoms with Gasteiger partial charge in [0, 0.05) is 34.6 Å².